The summed E-state index contributed by atoms with van der Waals surface area (Å²) in [5, 5.41) is 8.28. The lowest BCUT2D eigenvalue weighted by atomic mass is 10.00. The molecule has 2 aromatic rings. The van der Waals surface area contributed by atoms with Crippen LogP contribution in [0.5, 0.6) is 0 Å². The number of ether oxygens (including phenoxy) is 2. The van der Waals surface area contributed by atoms with Crippen molar-refractivity contribution in [1.29, 1.82) is 0 Å². The molecule has 10 heteroatoms. The molecular weight excluding hydrogens is 454 g/mol. The topological polar surface area (TPSA) is 96.0 Å². The summed E-state index contributed by atoms with van der Waals surface area (Å²) >= 11 is 1.43. The normalized spacial score (nSPS) is 18.4. The van der Waals surface area contributed by atoms with E-state index in [0.717, 1.165) is 30.3 Å². The van der Waals surface area contributed by atoms with Gasteiger partial charge in [0.1, 0.15) is 5.69 Å². The van der Waals surface area contributed by atoms with Crippen molar-refractivity contribution in [2.24, 2.45) is 0 Å². The van der Waals surface area contributed by atoms with Crippen molar-refractivity contribution >= 4 is 34.0 Å². The van der Waals surface area contributed by atoms with Crippen molar-refractivity contribution in [3.05, 3.63) is 40.4 Å². The molecule has 2 aliphatic heterocycles. The third kappa shape index (κ3) is 5.41. The molecule has 9 nitrogen and oxygen atoms in total. The molecule has 2 N–H and O–H groups in total. The molecule has 2 amide bonds. The minimum atomic E-state index is -0.334. The van der Waals surface area contributed by atoms with Gasteiger partial charge in [-0.15, -0.1) is 11.3 Å². The van der Waals surface area contributed by atoms with E-state index >= 15 is 0 Å². The Morgan fingerprint density at radius 3 is 2.79 bits per heavy atom. The van der Waals surface area contributed by atoms with Gasteiger partial charge in [-0.2, -0.15) is 0 Å². The molecule has 0 radical (unpaired) electrons. The van der Waals surface area contributed by atoms with Gasteiger partial charge in [0.15, 0.2) is 5.13 Å². The maximum atomic E-state index is 12.9. The van der Waals surface area contributed by atoms with E-state index in [4.69, 9.17) is 9.47 Å². The van der Waals surface area contributed by atoms with E-state index in [1.54, 1.807) is 18.6 Å². The number of hydrogen-bond donors (Lipinski definition) is 2. The first-order valence-electron chi connectivity index (χ1n) is 11.6. The predicted molar refractivity (Wildman–Crippen MR) is 133 cm³/mol. The highest BCUT2D eigenvalue weighted by molar-refractivity contribution is 7.14. The highest BCUT2D eigenvalue weighted by Gasteiger charge is 2.31. The number of amides is 2. The quantitative estimate of drug-likeness (QED) is 0.591. The fourth-order valence-corrected chi connectivity index (χ4v) is 4.92. The summed E-state index contributed by atoms with van der Waals surface area (Å²) in [5.74, 6) is -0.551. The van der Waals surface area contributed by atoms with Crippen LogP contribution in [-0.2, 0) is 16.0 Å². The van der Waals surface area contributed by atoms with E-state index < -0.39 is 0 Å². The molecule has 0 unspecified atom stereocenters. The van der Waals surface area contributed by atoms with Gasteiger partial charge < -0.3 is 25.0 Å². The van der Waals surface area contributed by atoms with E-state index in [0.29, 0.717) is 43.2 Å². The molecule has 0 spiro atoms. The third-order valence-corrected chi connectivity index (χ3v) is 7.18. The Morgan fingerprint density at radius 1 is 1.29 bits per heavy atom. The van der Waals surface area contributed by atoms with Gasteiger partial charge in [0, 0.05) is 50.8 Å². The largest absolute Gasteiger partial charge is 0.378 e. The van der Waals surface area contributed by atoms with Gasteiger partial charge in [-0.25, -0.2) is 4.98 Å². The molecule has 0 atom stereocenters. The van der Waals surface area contributed by atoms with Gasteiger partial charge in [0.2, 0.25) is 0 Å². The number of morpholine rings is 1. The number of rotatable bonds is 8. The van der Waals surface area contributed by atoms with Gasteiger partial charge in [-0.1, -0.05) is 6.07 Å². The second kappa shape index (κ2) is 10.4. The van der Waals surface area contributed by atoms with Crippen LogP contribution in [0.4, 0.5) is 10.8 Å². The van der Waals surface area contributed by atoms with Crippen LogP contribution in [-0.4, -0.2) is 79.8 Å². The molecule has 2 fully saturated rings. The van der Waals surface area contributed by atoms with Gasteiger partial charge in [-0.05, 0) is 38.5 Å². The molecule has 34 heavy (non-hydrogen) atoms. The standard InChI is InChI=1S/C24H33N5O4S/c1-5-25-21(30)18-10-16(11-29-8-9-33-15-24(29,2)3)6-7-19(18)26-22(31)20-14-34-23(27-20)28-12-17(13-28)32-4/h6-7,10,14,17H,5,8-9,11-13,15H2,1-4H3,(H,25,30)(H,26,31). The van der Waals surface area contributed by atoms with E-state index in [1.165, 1.54) is 11.3 Å². The van der Waals surface area contributed by atoms with E-state index in [1.807, 2.05) is 19.1 Å². The second-order valence-electron chi connectivity index (χ2n) is 9.26. The molecule has 4 rings (SSSR count). The summed E-state index contributed by atoms with van der Waals surface area (Å²) in [4.78, 5) is 34.7. The fraction of sp³-hybridized carbons (Fsp3) is 0.542. The van der Waals surface area contributed by atoms with Crippen LogP contribution in [0, 0.1) is 0 Å². The van der Waals surface area contributed by atoms with Crippen molar-refractivity contribution in [2.75, 3.05) is 56.7 Å². The number of hydrogen-bond acceptors (Lipinski definition) is 8. The number of benzene rings is 1. The van der Waals surface area contributed by atoms with Crippen LogP contribution in [0.1, 0.15) is 47.2 Å². The van der Waals surface area contributed by atoms with E-state index in [-0.39, 0.29) is 23.5 Å². The Balaban J connectivity index is 1.50. The lowest BCUT2D eigenvalue weighted by Crippen LogP contribution is -2.52. The number of aromatic nitrogens is 1. The molecule has 3 heterocycles. The number of thiazole rings is 1. The van der Waals surface area contributed by atoms with Crippen molar-refractivity contribution in [2.45, 2.75) is 39.0 Å². The zero-order valence-electron chi connectivity index (χ0n) is 20.2. The maximum Gasteiger partial charge on any atom is 0.275 e. The van der Waals surface area contributed by atoms with Crippen LogP contribution in [0.25, 0.3) is 0 Å². The second-order valence-corrected chi connectivity index (χ2v) is 10.1. The summed E-state index contributed by atoms with van der Waals surface area (Å²) in [6, 6.07) is 5.63. The fourth-order valence-electron chi connectivity index (χ4n) is 4.09. The minimum absolute atomic E-state index is 0.0843. The lowest BCUT2D eigenvalue weighted by molar-refractivity contribution is -0.0552. The van der Waals surface area contributed by atoms with Gasteiger partial charge in [0.05, 0.1) is 30.6 Å². The highest BCUT2D eigenvalue weighted by atomic mass is 32.1. The molecule has 2 saturated heterocycles. The van der Waals surface area contributed by atoms with Gasteiger partial charge in [0.25, 0.3) is 11.8 Å². The van der Waals surface area contributed by atoms with Crippen LogP contribution < -0.4 is 15.5 Å². The summed E-state index contributed by atoms with van der Waals surface area (Å²) in [5.41, 5.74) is 2.18. The molecule has 2 aliphatic rings. The average Bonchev–Trinajstić information content (AvgIpc) is 3.25. The van der Waals surface area contributed by atoms with E-state index in [9.17, 15) is 9.59 Å². The number of anilines is 2. The number of carbonyl (C=O) groups is 2. The summed E-state index contributed by atoms with van der Waals surface area (Å²) in [7, 11) is 1.70. The molecule has 184 valence electrons. The Labute approximate surface area is 204 Å². The van der Waals surface area contributed by atoms with Crippen LogP contribution in [0.2, 0.25) is 0 Å². The first-order valence-corrected chi connectivity index (χ1v) is 12.5. The summed E-state index contributed by atoms with van der Waals surface area (Å²) in [6.07, 6.45) is 0.211. The monoisotopic (exact) mass is 487 g/mol. The van der Waals surface area contributed by atoms with Crippen molar-refractivity contribution in [3.63, 3.8) is 0 Å². The molecule has 1 aromatic carbocycles. The highest BCUT2D eigenvalue weighted by Crippen LogP contribution is 2.28. The zero-order valence-corrected chi connectivity index (χ0v) is 21.0. The predicted octanol–water partition coefficient (Wildman–Crippen LogP) is 2.59. The number of nitrogens with one attached hydrogen (secondary N) is 2. The maximum absolute atomic E-state index is 12.9. The Bertz CT molecular complexity index is 1030. The lowest BCUT2D eigenvalue weighted by Gasteiger charge is -2.42. The molecule has 0 bridgehead atoms. The summed E-state index contributed by atoms with van der Waals surface area (Å²) in [6.45, 7) is 11.1. The number of carbonyl (C=O) groups excluding carboxylic acids is 2. The third-order valence-electron chi connectivity index (χ3n) is 6.28. The minimum Gasteiger partial charge on any atom is -0.378 e. The SMILES string of the molecule is CCNC(=O)c1cc(CN2CCOCC2(C)C)ccc1NC(=O)c1csc(N2CC(OC)C2)n1. The number of nitrogens with zero attached hydrogens (tertiary/aromatic N) is 3. The first-order chi connectivity index (χ1) is 16.3. The van der Waals surface area contributed by atoms with Crippen LogP contribution in [0.15, 0.2) is 23.6 Å². The Hall–Kier alpha value is -2.53. The zero-order chi connectivity index (χ0) is 24.3. The van der Waals surface area contributed by atoms with E-state index in [2.05, 4.69) is 39.3 Å². The van der Waals surface area contributed by atoms with Crippen LogP contribution >= 0.6 is 11.3 Å². The molecule has 0 aliphatic carbocycles. The van der Waals surface area contributed by atoms with Gasteiger partial charge >= 0.3 is 0 Å². The molecule has 0 saturated carbocycles. The number of methoxy groups -OCH3 is 1. The summed E-state index contributed by atoms with van der Waals surface area (Å²) < 4.78 is 10.9. The molecule has 1 aromatic heterocycles. The first kappa shape index (κ1) is 24.6. The Kier molecular flexibility index (Phi) is 7.51. The average molecular weight is 488 g/mol. The van der Waals surface area contributed by atoms with Crippen LogP contribution in [0.3, 0.4) is 0 Å². The van der Waals surface area contributed by atoms with Crippen molar-refractivity contribution < 1.29 is 19.1 Å². The molecular formula is C24H33N5O4S. The van der Waals surface area contributed by atoms with Crippen molar-refractivity contribution in [3.8, 4) is 0 Å². The Morgan fingerprint density at radius 2 is 2.09 bits per heavy atom. The smallest absolute Gasteiger partial charge is 0.275 e. The van der Waals surface area contributed by atoms with Gasteiger partial charge in [-0.3, -0.25) is 14.5 Å². The van der Waals surface area contributed by atoms with Crippen molar-refractivity contribution in [1.82, 2.24) is 15.2 Å².